The van der Waals surface area contributed by atoms with Crippen LogP contribution in [0.15, 0.2) is 4.99 Å². The van der Waals surface area contributed by atoms with Crippen LogP contribution in [0.25, 0.3) is 0 Å². The van der Waals surface area contributed by atoms with Crippen LogP contribution in [-0.4, -0.2) is 74.7 Å². The van der Waals surface area contributed by atoms with Crippen molar-refractivity contribution in [2.75, 3.05) is 58.9 Å². The molecule has 2 aliphatic heterocycles. The number of nitrogens with one attached hydrogen (secondary N) is 2. The molecule has 2 heterocycles. The number of rotatable bonds is 9. The number of nitrogens with zero attached hydrogens (tertiary/aromatic N) is 3. The van der Waals surface area contributed by atoms with E-state index in [-0.39, 0.29) is 24.0 Å². The van der Waals surface area contributed by atoms with Crippen LogP contribution in [0.1, 0.15) is 51.9 Å². The number of unbranched alkanes of at least 4 members (excludes halogenated alkanes) is 1. The van der Waals surface area contributed by atoms with E-state index in [0.29, 0.717) is 0 Å². The topological polar surface area (TPSA) is 42.9 Å². The van der Waals surface area contributed by atoms with Crippen LogP contribution in [0.2, 0.25) is 0 Å². The Bertz CT molecular complexity index is 325. The Morgan fingerprint density at radius 1 is 0.833 bits per heavy atom. The maximum Gasteiger partial charge on any atom is 0.191 e. The first-order chi connectivity index (χ1) is 11.4. The van der Waals surface area contributed by atoms with E-state index >= 15 is 0 Å². The fourth-order valence-electron chi connectivity index (χ4n) is 3.50. The minimum absolute atomic E-state index is 0. The minimum Gasteiger partial charge on any atom is -0.357 e. The van der Waals surface area contributed by atoms with Gasteiger partial charge in [0.25, 0.3) is 0 Å². The molecule has 2 saturated heterocycles. The molecule has 0 bridgehead atoms. The highest BCUT2D eigenvalue weighted by Gasteiger charge is 2.10. The quantitative estimate of drug-likeness (QED) is 0.245. The van der Waals surface area contributed by atoms with Gasteiger partial charge in [0.05, 0.1) is 0 Å². The molecule has 2 N–H and O–H groups in total. The summed E-state index contributed by atoms with van der Waals surface area (Å²) >= 11 is 0. The molecule has 24 heavy (non-hydrogen) atoms. The summed E-state index contributed by atoms with van der Waals surface area (Å²) in [5.74, 6) is 0.991. The van der Waals surface area contributed by atoms with Crippen molar-refractivity contribution >= 4 is 29.9 Å². The summed E-state index contributed by atoms with van der Waals surface area (Å²) in [7, 11) is 0. The van der Waals surface area contributed by atoms with E-state index < -0.39 is 0 Å². The summed E-state index contributed by atoms with van der Waals surface area (Å²) in [5.41, 5.74) is 0. The van der Waals surface area contributed by atoms with Gasteiger partial charge in [-0.25, -0.2) is 0 Å². The van der Waals surface area contributed by atoms with E-state index in [1.54, 1.807) is 0 Å². The summed E-state index contributed by atoms with van der Waals surface area (Å²) in [6, 6.07) is 0. The maximum absolute atomic E-state index is 4.72. The first-order valence-electron chi connectivity index (χ1n) is 9.85. The third kappa shape index (κ3) is 9.42. The van der Waals surface area contributed by atoms with Gasteiger partial charge in [-0.15, -0.1) is 24.0 Å². The lowest BCUT2D eigenvalue weighted by atomic mass is 10.1. The molecule has 0 saturated carbocycles. The zero-order valence-electron chi connectivity index (χ0n) is 15.6. The maximum atomic E-state index is 4.72. The third-order valence-electron chi connectivity index (χ3n) is 4.86. The average Bonchev–Trinajstić information content (AvgIpc) is 3.09. The van der Waals surface area contributed by atoms with Crippen molar-refractivity contribution in [3.05, 3.63) is 0 Å². The molecule has 0 unspecified atom stereocenters. The second kappa shape index (κ2) is 14.1. The van der Waals surface area contributed by atoms with Crippen molar-refractivity contribution in [1.82, 2.24) is 20.4 Å². The smallest absolute Gasteiger partial charge is 0.191 e. The Morgan fingerprint density at radius 3 is 2.12 bits per heavy atom. The second-order valence-electron chi connectivity index (χ2n) is 6.85. The van der Waals surface area contributed by atoms with Crippen molar-refractivity contribution in [3.8, 4) is 0 Å². The number of halogens is 1. The number of hydrogen-bond donors (Lipinski definition) is 2. The molecule has 6 heteroatoms. The monoisotopic (exact) mass is 451 g/mol. The van der Waals surface area contributed by atoms with Gasteiger partial charge in [-0.05, 0) is 78.2 Å². The largest absolute Gasteiger partial charge is 0.357 e. The Hall–Kier alpha value is -0.0800. The zero-order chi connectivity index (χ0) is 16.2. The van der Waals surface area contributed by atoms with E-state index in [1.807, 2.05) is 0 Å². The Kier molecular flexibility index (Phi) is 12.9. The molecule has 0 aliphatic carbocycles. The Labute approximate surface area is 166 Å². The molecule has 2 aliphatic rings. The van der Waals surface area contributed by atoms with Gasteiger partial charge in [-0.2, -0.15) is 0 Å². The van der Waals surface area contributed by atoms with Crippen molar-refractivity contribution in [2.24, 2.45) is 4.99 Å². The minimum atomic E-state index is 0. The van der Waals surface area contributed by atoms with Crippen LogP contribution in [0.5, 0.6) is 0 Å². The van der Waals surface area contributed by atoms with E-state index in [9.17, 15) is 0 Å². The van der Waals surface area contributed by atoms with Crippen molar-refractivity contribution in [1.29, 1.82) is 0 Å². The predicted molar refractivity (Wildman–Crippen MR) is 115 cm³/mol. The number of likely N-dealkylation sites (tertiary alicyclic amines) is 2. The van der Waals surface area contributed by atoms with Gasteiger partial charge in [-0.3, -0.25) is 4.99 Å². The number of piperidine rings is 1. The Morgan fingerprint density at radius 2 is 1.46 bits per heavy atom. The van der Waals surface area contributed by atoms with E-state index in [1.165, 1.54) is 77.7 Å². The fraction of sp³-hybridized carbons (Fsp3) is 0.944. The third-order valence-corrected chi connectivity index (χ3v) is 4.86. The molecule has 142 valence electrons. The molecule has 2 rings (SSSR count). The molecule has 2 fully saturated rings. The molecule has 0 aromatic heterocycles. The van der Waals surface area contributed by atoms with Gasteiger partial charge in [0.2, 0.25) is 0 Å². The SMILES string of the molecule is CCNC(=NCCCCN1CCCC1)NCCN1CCCCC1.I. The fourth-order valence-corrected chi connectivity index (χ4v) is 3.50. The van der Waals surface area contributed by atoms with Gasteiger partial charge in [0.15, 0.2) is 5.96 Å². The Balaban J connectivity index is 0.00000288. The zero-order valence-corrected chi connectivity index (χ0v) is 17.9. The first-order valence-corrected chi connectivity index (χ1v) is 9.85. The molecule has 0 amide bonds. The lowest BCUT2D eigenvalue weighted by Gasteiger charge is -2.26. The van der Waals surface area contributed by atoms with Crippen LogP contribution in [-0.2, 0) is 0 Å². The van der Waals surface area contributed by atoms with Crippen LogP contribution in [0.4, 0.5) is 0 Å². The van der Waals surface area contributed by atoms with E-state index in [2.05, 4.69) is 27.4 Å². The van der Waals surface area contributed by atoms with Crippen LogP contribution < -0.4 is 10.6 Å². The number of guanidine groups is 1. The van der Waals surface area contributed by atoms with Gasteiger partial charge in [0, 0.05) is 26.2 Å². The summed E-state index contributed by atoms with van der Waals surface area (Å²) in [6.07, 6.45) is 9.39. The average molecular weight is 451 g/mol. The van der Waals surface area contributed by atoms with E-state index in [0.717, 1.165) is 32.1 Å². The highest BCUT2D eigenvalue weighted by Crippen LogP contribution is 2.08. The van der Waals surface area contributed by atoms with Gasteiger partial charge >= 0.3 is 0 Å². The lowest BCUT2D eigenvalue weighted by molar-refractivity contribution is 0.232. The summed E-state index contributed by atoms with van der Waals surface area (Å²) in [4.78, 5) is 9.87. The first kappa shape index (κ1) is 22.0. The van der Waals surface area contributed by atoms with Crippen molar-refractivity contribution in [3.63, 3.8) is 0 Å². The summed E-state index contributed by atoms with van der Waals surface area (Å²) < 4.78 is 0. The highest BCUT2D eigenvalue weighted by molar-refractivity contribution is 14.0. The number of aliphatic imine (C=N–C) groups is 1. The lowest BCUT2D eigenvalue weighted by Crippen LogP contribution is -2.42. The predicted octanol–water partition coefficient (Wildman–Crippen LogP) is 2.52. The van der Waals surface area contributed by atoms with Crippen LogP contribution >= 0.6 is 24.0 Å². The molecular formula is C18H38IN5. The standard InChI is InChI=1S/C18H37N5.HI/c1-2-19-18(21-11-17-23-12-5-3-6-13-23)20-10-4-7-14-22-15-8-9-16-22;/h2-17H2,1H3,(H2,19,20,21);1H. The number of hydrogen-bond acceptors (Lipinski definition) is 3. The highest BCUT2D eigenvalue weighted by atomic mass is 127. The van der Waals surface area contributed by atoms with Crippen LogP contribution in [0, 0.1) is 0 Å². The normalized spacial score (nSPS) is 20.0. The van der Waals surface area contributed by atoms with E-state index in [4.69, 9.17) is 4.99 Å². The molecule has 5 nitrogen and oxygen atoms in total. The van der Waals surface area contributed by atoms with Gasteiger partial charge in [0.1, 0.15) is 0 Å². The second-order valence-corrected chi connectivity index (χ2v) is 6.85. The van der Waals surface area contributed by atoms with Crippen molar-refractivity contribution in [2.45, 2.75) is 51.9 Å². The molecule has 0 radical (unpaired) electrons. The molecule has 0 aromatic rings. The van der Waals surface area contributed by atoms with Crippen molar-refractivity contribution < 1.29 is 0 Å². The summed E-state index contributed by atoms with van der Waals surface area (Å²) in [5, 5.41) is 6.85. The summed E-state index contributed by atoms with van der Waals surface area (Å²) in [6.45, 7) is 12.6. The molecule has 0 atom stereocenters. The molecular weight excluding hydrogens is 413 g/mol. The van der Waals surface area contributed by atoms with Gasteiger partial charge < -0.3 is 20.4 Å². The molecule has 0 spiro atoms. The molecule has 0 aromatic carbocycles. The van der Waals surface area contributed by atoms with Crippen LogP contribution in [0.3, 0.4) is 0 Å². The van der Waals surface area contributed by atoms with Gasteiger partial charge in [-0.1, -0.05) is 6.42 Å².